The van der Waals surface area contributed by atoms with Gasteiger partial charge >= 0.3 is 0 Å². The number of hydrogen-bond donors (Lipinski definition) is 2. The molecule has 2 heterocycles. The number of ether oxygens (including phenoxy) is 1. The van der Waals surface area contributed by atoms with E-state index in [9.17, 15) is 9.59 Å². The number of carbonyl (C=O) groups is 2. The number of thioether (sulfide) groups is 1. The maximum atomic E-state index is 12.6. The van der Waals surface area contributed by atoms with Crippen LogP contribution in [0, 0.1) is 0 Å². The average molecular weight is 463 g/mol. The minimum absolute atomic E-state index is 0.128. The summed E-state index contributed by atoms with van der Waals surface area (Å²) in [4.78, 5) is 32.7. The summed E-state index contributed by atoms with van der Waals surface area (Å²) < 4.78 is 7.13. The Morgan fingerprint density at radius 2 is 1.91 bits per heavy atom. The smallest absolute Gasteiger partial charge is 0.234 e. The summed E-state index contributed by atoms with van der Waals surface area (Å²) in [5.41, 5.74) is 2.86. The van der Waals surface area contributed by atoms with Gasteiger partial charge in [-0.3, -0.25) is 9.59 Å². The van der Waals surface area contributed by atoms with Crippen molar-refractivity contribution >= 4 is 46.0 Å². The number of rotatable bonds is 8. The molecule has 2 amide bonds. The molecule has 4 aromatic rings. The molecule has 0 spiro atoms. The van der Waals surface area contributed by atoms with Gasteiger partial charge < -0.3 is 15.4 Å². The third-order valence-electron chi connectivity index (χ3n) is 4.71. The zero-order chi connectivity index (χ0) is 23.2. The van der Waals surface area contributed by atoms with Gasteiger partial charge in [0.1, 0.15) is 17.1 Å². The first-order valence-corrected chi connectivity index (χ1v) is 11.1. The van der Waals surface area contributed by atoms with Gasteiger partial charge in [-0.2, -0.15) is 5.10 Å². The third-order valence-corrected chi connectivity index (χ3v) is 5.71. The second-order valence-corrected chi connectivity index (χ2v) is 8.10. The van der Waals surface area contributed by atoms with Crippen LogP contribution in [-0.4, -0.2) is 44.4 Å². The van der Waals surface area contributed by atoms with Crippen molar-refractivity contribution in [2.75, 3.05) is 23.5 Å². The van der Waals surface area contributed by atoms with E-state index in [2.05, 4.69) is 25.7 Å². The largest absolute Gasteiger partial charge is 0.495 e. The van der Waals surface area contributed by atoms with Crippen LogP contribution in [0.15, 0.2) is 66.1 Å². The molecule has 0 aliphatic heterocycles. The molecule has 0 saturated carbocycles. The van der Waals surface area contributed by atoms with Crippen LogP contribution in [0.3, 0.4) is 0 Å². The lowest BCUT2D eigenvalue weighted by Gasteiger charge is -2.12. The van der Waals surface area contributed by atoms with Crippen LogP contribution in [0.25, 0.3) is 11.0 Å². The minimum atomic E-state index is -0.235. The Kier molecular flexibility index (Phi) is 6.84. The van der Waals surface area contributed by atoms with Crippen molar-refractivity contribution in [3.63, 3.8) is 0 Å². The summed E-state index contributed by atoms with van der Waals surface area (Å²) in [6, 6.07) is 15.0. The fourth-order valence-corrected chi connectivity index (χ4v) is 4.03. The van der Waals surface area contributed by atoms with Crippen LogP contribution >= 0.6 is 11.8 Å². The van der Waals surface area contributed by atoms with Gasteiger partial charge in [-0.25, -0.2) is 14.6 Å². The van der Waals surface area contributed by atoms with E-state index in [1.165, 1.54) is 32.1 Å². The van der Waals surface area contributed by atoms with E-state index in [-0.39, 0.29) is 17.6 Å². The van der Waals surface area contributed by atoms with Crippen molar-refractivity contribution < 1.29 is 14.3 Å². The number of carbonyl (C=O) groups excluding carboxylic acids is 2. The van der Waals surface area contributed by atoms with Crippen molar-refractivity contribution in [1.29, 1.82) is 0 Å². The number of nitrogens with one attached hydrogen (secondary N) is 2. The first kappa shape index (κ1) is 22.3. The fraction of sp³-hybridized carbons (Fsp3) is 0.174. The Morgan fingerprint density at radius 3 is 2.67 bits per heavy atom. The predicted octanol–water partition coefficient (Wildman–Crippen LogP) is 3.57. The highest BCUT2D eigenvalue weighted by Crippen LogP contribution is 2.29. The van der Waals surface area contributed by atoms with Crippen molar-refractivity contribution in [1.82, 2.24) is 19.7 Å². The first-order chi connectivity index (χ1) is 16.0. The molecule has 9 nitrogen and oxygen atoms in total. The number of anilines is 2. The van der Waals surface area contributed by atoms with Crippen molar-refractivity contribution in [3.05, 3.63) is 66.6 Å². The van der Waals surface area contributed by atoms with Crippen molar-refractivity contribution in [2.45, 2.75) is 18.5 Å². The summed E-state index contributed by atoms with van der Waals surface area (Å²) in [5, 5.41) is 11.4. The van der Waals surface area contributed by atoms with E-state index in [0.29, 0.717) is 34.3 Å². The van der Waals surface area contributed by atoms with E-state index >= 15 is 0 Å². The maximum absolute atomic E-state index is 12.6. The van der Waals surface area contributed by atoms with Gasteiger partial charge in [-0.05, 0) is 23.8 Å². The highest BCUT2D eigenvalue weighted by atomic mass is 32.2. The zero-order valence-electron chi connectivity index (χ0n) is 18.1. The van der Waals surface area contributed by atoms with E-state index < -0.39 is 0 Å². The number of hydrogen-bond acceptors (Lipinski definition) is 7. The Balaban J connectivity index is 1.45. The molecule has 0 aliphatic rings. The average Bonchev–Trinajstić information content (AvgIpc) is 3.21. The van der Waals surface area contributed by atoms with E-state index in [4.69, 9.17) is 4.74 Å². The van der Waals surface area contributed by atoms with Gasteiger partial charge in [0, 0.05) is 12.6 Å². The summed E-state index contributed by atoms with van der Waals surface area (Å²) in [7, 11) is 1.52. The monoisotopic (exact) mass is 462 g/mol. The lowest BCUT2D eigenvalue weighted by molar-refractivity contribution is -0.114. The topological polar surface area (TPSA) is 111 Å². The molecule has 0 fully saturated rings. The molecule has 2 aromatic carbocycles. The van der Waals surface area contributed by atoms with E-state index in [1.54, 1.807) is 24.4 Å². The normalized spacial score (nSPS) is 10.7. The Labute approximate surface area is 194 Å². The highest BCUT2D eigenvalue weighted by Gasteiger charge is 2.14. The van der Waals surface area contributed by atoms with Crippen molar-refractivity contribution in [2.24, 2.45) is 0 Å². The summed E-state index contributed by atoms with van der Waals surface area (Å²) >= 11 is 1.30. The number of nitrogens with zero attached hydrogens (tertiary/aromatic N) is 4. The zero-order valence-corrected chi connectivity index (χ0v) is 18.9. The van der Waals surface area contributed by atoms with Gasteiger partial charge in [0.15, 0.2) is 5.65 Å². The second-order valence-electron chi connectivity index (χ2n) is 7.14. The van der Waals surface area contributed by atoms with Crippen molar-refractivity contribution in [3.8, 4) is 5.75 Å². The first-order valence-electron chi connectivity index (χ1n) is 10.1. The molecule has 4 rings (SSSR count). The lowest BCUT2D eigenvalue weighted by Crippen LogP contribution is -2.15. The summed E-state index contributed by atoms with van der Waals surface area (Å²) in [6.45, 7) is 2.01. The minimum Gasteiger partial charge on any atom is -0.495 e. The molecule has 2 aromatic heterocycles. The van der Waals surface area contributed by atoms with Crippen LogP contribution in [-0.2, 0) is 16.1 Å². The van der Waals surface area contributed by atoms with Crippen LogP contribution in [0.1, 0.15) is 12.5 Å². The molecule has 0 aliphatic carbocycles. The molecule has 2 N–H and O–H groups in total. The number of fused-ring (bicyclic) bond motifs is 1. The van der Waals surface area contributed by atoms with Gasteiger partial charge in [-0.1, -0.05) is 42.1 Å². The van der Waals surface area contributed by atoms with Crippen LogP contribution < -0.4 is 15.4 Å². The Hall–Kier alpha value is -3.92. The summed E-state index contributed by atoms with van der Waals surface area (Å²) in [6.07, 6.45) is 3.20. The number of amides is 2. The number of methoxy groups -OCH3 is 1. The van der Waals surface area contributed by atoms with Gasteiger partial charge in [0.05, 0.1) is 36.7 Å². The molecular weight excluding hydrogens is 440 g/mol. The van der Waals surface area contributed by atoms with Gasteiger partial charge in [0.2, 0.25) is 11.8 Å². The summed E-state index contributed by atoms with van der Waals surface area (Å²) in [5.74, 6) is 0.188. The highest BCUT2D eigenvalue weighted by molar-refractivity contribution is 8.00. The van der Waals surface area contributed by atoms with E-state index in [1.807, 2.05) is 35.0 Å². The van der Waals surface area contributed by atoms with Gasteiger partial charge in [0.25, 0.3) is 0 Å². The molecule has 0 atom stereocenters. The number of benzene rings is 2. The fourth-order valence-electron chi connectivity index (χ4n) is 3.27. The Morgan fingerprint density at radius 1 is 1.09 bits per heavy atom. The van der Waals surface area contributed by atoms with Crippen LogP contribution in [0.5, 0.6) is 5.75 Å². The molecule has 0 radical (unpaired) electrons. The number of aromatic nitrogens is 4. The SMILES string of the molecule is COc1ccc(NC(C)=O)cc1NC(=O)CSc1ncnc2c1cnn2Cc1ccccc1. The van der Waals surface area contributed by atoms with E-state index in [0.717, 1.165) is 10.9 Å². The van der Waals surface area contributed by atoms with Gasteiger partial charge in [-0.15, -0.1) is 0 Å². The second kappa shape index (κ2) is 10.1. The molecule has 0 saturated heterocycles. The molecule has 0 unspecified atom stereocenters. The Bertz CT molecular complexity index is 1290. The lowest BCUT2D eigenvalue weighted by atomic mass is 10.2. The standard InChI is InChI=1S/C23H22N6O3S/c1-15(30)27-17-8-9-20(32-2)19(10-17)28-21(31)13-33-23-18-11-26-29(22(18)24-14-25-23)12-16-6-4-3-5-7-16/h3-11,14H,12-13H2,1-2H3,(H,27,30)(H,28,31). The quantitative estimate of drug-likeness (QED) is 0.304. The molecular formula is C23H22N6O3S. The third kappa shape index (κ3) is 5.47. The molecule has 33 heavy (non-hydrogen) atoms. The van der Waals surface area contributed by atoms with Crippen LogP contribution in [0.2, 0.25) is 0 Å². The molecule has 0 bridgehead atoms. The maximum Gasteiger partial charge on any atom is 0.234 e. The predicted molar refractivity (Wildman–Crippen MR) is 128 cm³/mol. The van der Waals surface area contributed by atoms with Crippen LogP contribution in [0.4, 0.5) is 11.4 Å². The molecule has 10 heteroatoms. The molecule has 168 valence electrons.